The predicted octanol–water partition coefficient (Wildman–Crippen LogP) is 4.95. The van der Waals surface area contributed by atoms with E-state index in [0.29, 0.717) is 0 Å². The van der Waals surface area contributed by atoms with Gasteiger partial charge in [0.2, 0.25) is 0 Å². The van der Waals surface area contributed by atoms with Crippen LogP contribution in [0, 0.1) is 0 Å². The van der Waals surface area contributed by atoms with Gasteiger partial charge in [-0.2, -0.15) is 0 Å². The van der Waals surface area contributed by atoms with Crippen LogP contribution in [0.3, 0.4) is 0 Å². The molecule has 0 fully saturated rings. The summed E-state index contributed by atoms with van der Waals surface area (Å²) in [5.74, 6) is 0. The molecule has 0 aromatic heterocycles. The normalized spacial score (nSPS) is 11.3. The quantitative estimate of drug-likeness (QED) is 0.665. The number of hydrogen-bond donors (Lipinski definition) is 0. The van der Waals surface area contributed by atoms with Crippen molar-refractivity contribution in [2.75, 3.05) is 0 Å². The molecule has 1 heteroatoms. The number of hydrogen-bond acceptors (Lipinski definition) is 1. The highest BCUT2D eigenvalue weighted by molar-refractivity contribution is 6.03. The summed E-state index contributed by atoms with van der Waals surface area (Å²) in [5, 5.41) is 0. The van der Waals surface area contributed by atoms with Gasteiger partial charge in [0.1, 0.15) is 0 Å². The average molecular weight is 249 g/mol. The summed E-state index contributed by atoms with van der Waals surface area (Å²) in [4.78, 5) is 4.73. The molecule has 2 aromatic rings. The van der Waals surface area contributed by atoms with E-state index in [9.17, 15) is 0 Å². The molecule has 2 aromatic carbocycles. The van der Waals surface area contributed by atoms with Gasteiger partial charge in [0.05, 0.1) is 5.70 Å². The predicted molar refractivity (Wildman–Crippen MR) is 83.4 cm³/mol. The molecule has 0 saturated heterocycles. The summed E-state index contributed by atoms with van der Waals surface area (Å²) in [7, 11) is 0. The fourth-order valence-corrected chi connectivity index (χ4v) is 1.99. The molecule has 0 saturated carbocycles. The molecule has 0 aliphatic rings. The molecule has 1 nitrogen and oxygen atoms in total. The van der Waals surface area contributed by atoms with Crippen molar-refractivity contribution in [1.82, 2.24) is 0 Å². The first-order valence-electron chi connectivity index (χ1n) is 6.68. The lowest BCUT2D eigenvalue weighted by Gasteiger charge is -2.07. The van der Waals surface area contributed by atoms with Crippen molar-refractivity contribution in [1.29, 1.82) is 0 Å². The zero-order chi connectivity index (χ0) is 13.5. The lowest BCUT2D eigenvalue weighted by Crippen LogP contribution is -2.00. The Hall–Kier alpha value is -2.15. The zero-order valence-electron chi connectivity index (χ0n) is 11.3. The van der Waals surface area contributed by atoms with E-state index in [1.54, 1.807) is 0 Å². The first kappa shape index (κ1) is 13.3. The van der Waals surface area contributed by atoms with Gasteiger partial charge in [-0.05, 0) is 17.5 Å². The first-order chi connectivity index (χ1) is 9.31. The fourth-order valence-electron chi connectivity index (χ4n) is 1.99. The molecule has 0 aliphatic heterocycles. The van der Waals surface area contributed by atoms with Crippen LogP contribution in [0.4, 0.5) is 0 Å². The second kappa shape index (κ2) is 6.69. The fraction of sp³-hybridized carbons (Fsp3) is 0.167. The highest BCUT2D eigenvalue weighted by atomic mass is 14.8. The van der Waals surface area contributed by atoms with E-state index >= 15 is 0 Å². The maximum absolute atomic E-state index is 4.73. The maximum atomic E-state index is 4.73. The van der Waals surface area contributed by atoms with Gasteiger partial charge in [0.25, 0.3) is 0 Å². The monoisotopic (exact) mass is 249 g/mol. The molecule has 0 radical (unpaired) electrons. The van der Waals surface area contributed by atoms with Gasteiger partial charge >= 0.3 is 0 Å². The largest absolute Gasteiger partial charge is 0.253 e. The Morgan fingerprint density at radius 1 is 0.895 bits per heavy atom. The van der Waals surface area contributed by atoms with Crippen molar-refractivity contribution < 1.29 is 0 Å². The van der Waals surface area contributed by atoms with Crippen molar-refractivity contribution in [3.8, 4) is 0 Å². The van der Waals surface area contributed by atoms with Crippen molar-refractivity contribution in [2.24, 2.45) is 4.99 Å². The molecule has 19 heavy (non-hydrogen) atoms. The van der Waals surface area contributed by atoms with E-state index < -0.39 is 0 Å². The highest BCUT2D eigenvalue weighted by Crippen LogP contribution is 2.16. The van der Waals surface area contributed by atoms with Gasteiger partial charge in [-0.1, -0.05) is 80.6 Å². The van der Waals surface area contributed by atoms with Crippen LogP contribution in [0.5, 0.6) is 0 Å². The lowest BCUT2D eigenvalue weighted by atomic mass is 10.1. The van der Waals surface area contributed by atoms with Gasteiger partial charge in [-0.15, -0.1) is 0 Å². The molecule has 0 aliphatic carbocycles. The Bertz CT molecular complexity index is 553. The molecule has 96 valence electrons. The second-order valence-corrected chi connectivity index (χ2v) is 4.49. The van der Waals surface area contributed by atoms with Gasteiger partial charge in [0, 0.05) is 5.71 Å². The molecule has 0 atom stereocenters. The Morgan fingerprint density at radius 3 is 1.95 bits per heavy atom. The van der Waals surface area contributed by atoms with E-state index in [1.165, 1.54) is 5.56 Å². The summed E-state index contributed by atoms with van der Waals surface area (Å²) in [5.41, 5.74) is 4.19. The van der Waals surface area contributed by atoms with Crippen LogP contribution in [0.1, 0.15) is 30.9 Å². The molecular formula is C18H19N. The number of benzene rings is 2. The van der Waals surface area contributed by atoms with E-state index in [0.717, 1.165) is 29.8 Å². The minimum Gasteiger partial charge on any atom is -0.253 e. The summed E-state index contributed by atoms with van der Waals surface area (Å²) >= 11 is 0. The van der Waals surface area contributed by atoms with Gasteiger partial charge in [-0.25, -0.2) is 0 Å². The molecule has 2 rings (SSSR count). The van der Waals surface area contributed by atoms with Gasteiger partial charge in [-0.3, -0.25) is 4.99 Å². The van der Waals surface area contributed by atoms with Crippen molar-refractivity contribution in [3.05, 3.63) is 78.4 Å². The number of aliphatic imine (C=N–C) groups is 1. The third-order valence-corrected chi connectivity index (χ3v) is 2.97. The maximum Gasteiger partial charge on any atom is 0.0633 e. The SMILES string of the molecule is C=C(N=C(CCC)c1ccccc1)c1ccccc1. The standard InChI is InChI=1S/C18H19N/c1-3-10-18(17-13-8-5-9-14-17)19-15(2)16-11-6-4-7-12-16/h4-9,11-14H,2-3,10H2,1H3. The van der Waals surface area contributed by atoms with E-state index in [-0.39, 0.29) is 0 Å². The molecular weight excluding hydrogens is 230 g/mol. The number of rotatable bonds is 5. The van der Waals surface area contributed by atoms with Crippen molar-refractivity contribution >= 4 is 11.4 Å². The summed E-state index contributed by atoms with van der Waals surface area (Å²) in [6.07, 6.45) is 2.05. The van der Waals surface area contributed by atoms with Crippen LogP contribution in [-0.2, 0) is 0 Å². The minimum atomic E-state index is 0.827. The summed E-state index contributed by atoms with van der Waals surface area (Å²) in [6.45, 7) is 6.26. The van der Waals surface area contributed by atoms with Crippen LogP contribution < -0.4 is 0 Å². The third kappa shape index (κ3) is 3.65. The molecule has 0 bridgehead atoms. The van der Waals surface area contributed by atoms with Gasteiger partial charge < -0.3 is 0 Å². The molecule has 0 N–H and O–H groups in total. The summed E-state index contributed by atoms with van der Waals surface area (Å²) in [6, 6.07) is 20.4. The zero-order valence-corrected chi connectivity index (χ0v) is 11.3. The molecule has 0 amide bonds. The van der Waals surface area contributed by atoms with Crippen LogP contribution in [-0.4, -0.2) is 5.71 Å². The van der Waals surface area contributed by atoms with E-state index in [4.69, 9.17) is 4.99 Å². The minimum absolute atomic E-state index is 0.827. The molecule has 0 heterocycles. The van der Waals surface area contributed by atoms with Crippen molar-refractivity contribution in [3.63, 3.8) is 0 Å². The van der Waals surface area contributed by atoms with Gasteiger partial charge in [0.15, 0.2) is 0 Å². The van der Waals surface area contributed by atoms with E-state index in [1.807, 2.05) is 48.5 Å². The average Bonchev–Trinajstić information content (AvgIpc) is 2.48. The van der Waals surface area contributed by atoms with Crippen LogP contribution in [0.2, 0.25) is 0 Å². The first-order valence-corrected chi connectivity index (χ1v) is 6.68. The Balaban J connectivity index is 2.29. The van der Waals surface area contributed by atoms with E-state index in [2.05, 4.69) is 25.6 Å². The third-order valence-electron chi connectivity index (χ3n) is 2.97. The molecule has 0 unspecified atom stereocenters. The molecule has 0 spiro atoms. The Kier molecular flexibility index (Phi) is 4.68. The van der Waals surface area contributed by atoms with Crippen molar-refractivity contribution in [2.45, 2.75) is 19.8 Å². The highest BCUT2D eigenvalue weighted by Gasteiger charge is 2.03. The Labute approximate surface area is 115 Å². The van der Waals surface area contributed by atoms with Crippen LogP contribution in [0.25, 0.3) is 5.70 Å². The lowest BCUT2D eigenvalue weighted by molar-refractivity contribution is 0.993. The smallest absolute Gasteiger partial charge is 0.0633 e. The van der Waals surface area contributed by atoms with Crippen LogP contribution in [0.15, 0.2) is 72.2 Å². The van der Waals surface area contributed by atoms with Crippen LogP contribution >= 0.6 is 0 Å². The Morgan fingerprint density at radius 2 is 1.42 bits per heavy atom. The second-order valence-electron chi connectivity index (χ2n) is 4.49. The number of nitrogens with zero attached hydrogens (tertiary/aromatic N) is 1. The topological polar surface area (TPSA) is 12.4 Å². The summed E-state index contributed by atoms with van der Waals surface area (Å²) < 4.78 is 0.